The van der Waals surface area contributed by atoms with Gasteiger partial charge in [0.1, 0.15) is 18.4 Å². The zero-order valence-electron chi connectivity index (χ0n) is 20.5. The van der Waals surface area contributed by atoms with Crippen molar-refractivity contribution in [2.24, 2.45) is 0 Å². The number of hydrogen-bond acceptors (Lipinski definition) is 6. The minimum Gasteiger partial charge on any atom is -0.490 e. The molecule has 0 bridgehead atoms. The van der Waals surface area contributed by atoms with Crippen LogP contribution in [0.2, 0.25) is 5.02 Å². The minimum absolute atomic E-state index is 0.192. The van der Waals surface area contributed by atoms with Gasteiger partial charge in [0.25, 0.3) is 0 Å². The van der Waals surface area contributed by atoms with Gasteiger partial charge in [-0.3, -0.25) is 9.55 Å². The first-order valence-electron chi connectivity index (χ1n) is 12.1. The number of nitrogens with one attached hydrogen (secondary N) is 1. The maximum Gasteiger partial charge on any atom is 0.194 e. The predicted octanol–water partition coefficient (Wildman–Crippen LogP) is 6.34. The number of halogens is 1. The van der Waals surface area contributed by atoms with Crippen LogP contribution in [0.1, 0.15) is 23.5 Å². The van der Waals surface area contributed by atoms with Crippen LogP contribution in [0.15, 0.2) is 85.2 Å². The van der Waals surface area contributed by atoms with Crippen LogP contribution in [0.25, 0.3) is 15.3 Å². The molecule has 1 aliphatic rings. The molecule has 10 heteroatoms. The Bertz CT molecular complexity index is 1560. The van der Waals surface area contributed by atoms with Crippen molar-refractivity contribution in [3.05, 3.63) is 102 Å². The molecule has 2 atom stereocenters. The highest BCUT2D eigenvalue weighted by molar-refractivity contribution is 7.80. The Kier molecular flexibility index (Phi) is 6.99. The quantitative estimate of drug-likeness (QED) is 0.175. The topological polar surface area (TPSA) is 64.4 Å². The first-order chi connectivity index (χ1) is 18.6. The molecule has 4 heterocycles. The average molecular weight is 562 g/mol. The third-order valence-electron chi connectivity index (χ3n) is 6.41. The lowest BCUT2D eigenvalue weighted by Crippen LogP contribution is -2.30. The minimum atomic E-state index is -0.212. The lowest BCUT2D eigenvalue weighted by Gasteiger charge is -2.29. The van der Waals surface area contributed by atoms with Gasteiger partial charge in [0.2, 0.25) is 0 Å². The van der Waals surface area contributed by atoms with E-state index in [-0.39, 0.29) is 12.1 Å². The number of hydrogen-bond donors (Lipinski definition) is 1. The third-order valence-corrected chi connectivity index (χ3v) is 8.05. The van der Waals surface area contributed by atoms with Crippen LogP contribution >= 0.6 is 35.2 Å². The molecule has 0 aliphatic carbocycles. The van der Waals surface area contributed by atoms with E-state index in [0.717, 1.165) is 32.4 Å². The number of fused-ring (bicyclic) bond motifs is 1. The van der Waals surface area contributed by atoms with Crippen molar-refractivity contribution in [2.75, 3.05) is 25.2 Å². The number of para-hydroxylation sites is 1. The molecular formula is C28H24ClN5O2S2. The molecule has 2 aromatic carbocycles. The lowest BCUT2D eigenvalue weighted by molar-refractivity contribution is 0.146. The van der Waals surface area contributed by atoms with E-state index in [1.165, 1.54) is 0 Å². The van der Waals surface area contributed by atoms with Crippen LogP contribution in [0.5, 0.6) is 5.75 Å². The van der Waals surface area contributed by atoms with Crippen molar-refractivity contribution in [2.45, 2.75) is 12.1 Å². The highest BCUT2D eigenvalue weighted by atomic mass is 35.5. The van der Waals surface area contributed by atoms with E-state index in [1.807, 2.05) is 66.9 Å². The maximum absolute atomic E-state index is 6.65. The van der Waals surface area contributed by atoms with E-state index in [4.69, 9.17) is 38.3 Å². The van der Waals surface area contributed by atoms with Gasteiger partial charge in [0, 0.05) is 25.2 Å². The molecule has 5 aromatic rings. The van der Waals surface area contributed by atoms with Crippen molar-refractivity contribution in [3.8, 4) is 10.9 Å². The fourth-order valence-electron chi connectivity index (χ4n) is 4.70. The molecule has 1 N–H and O–H groups in total. The highest BCUT2D eigenvalue weighted by Crippen LogP contribution is 2.44. The highest BCUT2D eigenvalue weighted by Gasteiger charge is 2.42. The smallest absolute Gasteiger partial charge is 0.194 e. The van der Waals surface area contributed by atoms with Crippen LogP contribution in [0, 0.1) is 0 Å². The van der Waals surface area contributed by atoms with E-state index in [9.17, 15) is 0 Å². The first kappa shape index (κ1) is 24.8. The van der Waals surface area contributed by atoms with Crippen molar-refractivity contribution in [1.29, 1.82) is 0 Å². The van der Waals surface area contributed by atoms with Gasteiger partial charge in [0.15, 0.2) is 10.2 Å². The Hall–Kier alpha value is -3.50. The molecule has 0 spiro atoms. The first-order valence-corrected chi connectivity index (χ1v) is 13.7. The summed E-state index contributed by atoms with van der Waals surface area (Å²) in [5, 5.41) is 5.50. The van der Waals surface area contributed by atoms with E-state index in [0.29, 0.717) is 29.1 Å². The summed E-state index contributed by atoms with van der Waals surface area (Å²) in [4.78, 5) is 11.7. The molecule has 1 aliphatic heterocycles. The Morgan fingerprint density at radius 3 is 2.71 bits per heavy atom. The molecule has 38 heavy (non-hydrogen) atoms. The van der Waals surface area contributed by atoms with E-state index in [2.05, 4.69) is 31.9 Å². The van der Waals surface area contributed by atoms with E-state index >= 15 is 0 Å². The number of ether oxygens (including phenoxy) is 2. The summed E-state index contributed by atoms with van der Waals surface area (Å²) in [6, 6.07) is 23.6. The number of thiocarbonyl (C=S) groups is 1. The number of nitrogens with zero attached hydrogens (tertiary/aromatic N) is 4. The molecule has 0 radical (unpaired) electrons. The number of methoxy groups -OCH3 is 1. The van der Waals surface area contributed by atoms with Gasteiger partial charge in [-0.25, -0.2) is 4.98 Å². The zero-order valence-corrected chi connectivity index (χ0v) is 22.8. The van der Waals surface area contributed by atoms with Gasteiger partial charge in [-0.05, 0) is 66.8 Å². The number of aromatic nitrogens is 3. The van der Waals surface area contributed by atoms with Crippen LogP contribution < -0.4 is 15.0 Å². The average Bonchev–Trinajstić information content (AvgIpc) is 3.66. The molecule has 1 fully saturated rings. The molecule has 0 unspecified atom stereocenters. The standard InChI is InChI=1S/C28H24ClN5O2S2/c1-35-15-16-36-23-12-11-18(17-19(23)29)34-26(25(32-27(34)37)21-8-4-5-13-30-21)22-9-6-14-33(22)28-31-20-7-2-3-10-24(20)38-28/h2-14,17,25-26H,15-16H2,1H3,(H,32,37)/t25-,26-/m0/s1. The predicted molar refractivity (Wildman–Crippen MR) is 156 cm³/mol. The molecule has 1 saturated heterocycles. The molecular weight excluding hydrogens is 538 g/mol. The van der Waals surface area contributed by atoms with Gasteiger partial charge >= 0.3 is 0 Å². The van der Waals surface area contributed by atoms with Crippen molar-refractivity contribution >= 4 is 56.2 Å². The number of pyridine rings is 1. The van der Waals surface area contributed by atoms with Crippen molar-refractivity contribution in [3.63, 3.8) is 0 Å². The summed E-state index contributed by atoms with van der Waals surface area (Å²) in [7, 11) is 1.64. The summed E-state index contributed by atoms with van der Waals surface area (Å²) < 4.78 is 14.1. The molecule has 192 valence electrons. The Morgan fingerprint density at radius 1 is 1.05 bits per heavy atom. The number of benzene rings is 2. The Balaban J connectivity index is 1.44. The molecule has 3 aromatic heterocycles. The molecule has 0 saturated carbocycles. The SMILES string of the molecule is COCCOc1ccc(N2C(=S)N[C@@H](c3ccccn3)[C@@H]2c2cccn2-c2nc3ccccc3s2)cc1Cl. The third kappa shape index (κ3) is 4.63. The zero-order chi connectivity index (χ0) is 26.1. The van der Waals surface area contributed by atoms with Crippen LogP contribution in [-0.4, -0.2) is 40.0 Å². The van der Waals surface area contributed by atoms with Gasteiger partial charge in [0.05, 0.1) is 39.3 Å². The number of anilines is 1. The summed E-state index contributed by atoms with van der Waals surface area (Å²) in [6.45, 7) is 0.897. The molecule has 7 nitrogen and oxygen atoms in total. The van der Waals surface area contributed by atoms with Gasteiger partial charge in [-0.15, -0.1) is 0 Å². The monoisotopic (exact) mass is 561 g/mol. The molecule has 0 amide bonds. The number of rotatable bonds is 8. The van der Waals surface area contributed by atoms with Crippen molar-refractivity contribution in [1.82, 2.24) is 19.9 Å². The van der Waals surface area contributed by atoms with Crippen LogP contribution in [-0.2, 0) is 4.74 Å². The summed E-state index contributed by atoms with van der Waals surface area (Å²) in [5.41, 5.74) is 3.75. The van der Waals surface area contributed by atoms with E-state index in [1.54, 1.807) is 24.6 Å². The largest absolute Gasteiger partial charge is 0.490 e. The normalized spacial score (nSPS) is 17.2. The second kappa shape index (κ2) is 10.7. The van der Waals surface area contributed by atoms with Crippen LogP contribution in [0.3, 0.4) is 0 Å². The van der Waals surface area contributed by atoms with Gasteiger partial charge in [-0.1, -0.05) is 41.1 Å². The number of thiazole rings is 1. The van der Waals surface area contributed by atoms with Gasteiger partial charge < -0.3 is 19.7 Å². The summed E-state index contributed by atoms with van der Waals surface area (Å²) >= 11 is 14.2. The fourth-order valence-corrected chi connectivity index (χ4v) is 6.24. The second-order valence-electron chi connectivity index (χ2n) is 8.72. The van der Waals surface area contributed by atoms with Crippen molar-refractivity contribution < 1.29 is 9.47 Å². The Labute approximate surface area is 234 Å². The maximum atomic E-state index is 6.65. The van der Waals surface area contributed by atoms with Crippen LogP contribution in [0.4, 0.5) is 5.69 Å². The molecule has 6 rings (SSSR count). The fraction of sp³-hybridized carbons (Fsp3) is 0.179. The summed E-state index contributed by atoms with van der Waals surface area (Å²) in [5.74, 6) is 0.598. The Morgan fingerprint density at radius 2 is 1.92 bits per heavy atom. The van der Waals surface area contributed by atoms with E-state index < -0.39 is 0 Å². The second-order valence-corrected chi connectivity index (χ2v) is 10.5. The van der Waals surface area contributed by atoms with Gasteiger partial charge in [-0.2, -0.15) is 0 Å². The summed E-state index contributed by atoms with van der Waals surface area (Å²) in [6.07, 6.45) is 3.84. The lowest BCUT2D eigenvalue weighted by atomic mass is 10.0.